The maximum absolute atomic E-state index is 13.7. The first kappa shape index (κ1) is 18.5. The van der Waals surface area contributed by atoms with E-state index in [4.69, 9.17) is 5.26 Å². The van der Waals surface area contributed by atoms with Crippen molar-refractivity contribution in [2.24, 2.45) is 0 Å². The Labute approximate surface area is 109 Å². The Kier molecular flexibility index (Phi) is 5.83. The largest absolute Gasteiger partial charge is 0.469 e. The minimum absolute atomic E-state index is 0.523. The molecule has 1 atom stereocenters. The Morgan fingerprint density at radius 3 is 2.00 bits per heavy atom. The molecule has 0 spiro atoms. The Balaban J connectivity index is 5.46. The first-order chi connectivity index (χ1) is 8.95. The highest BCUT2D eigenvalue weighted by atomic mass is 19.3. The molecule has 0 aliphatic rings. The number of rotatable bonds is 7. The van der Waals surface area contributed by atoms with Gasteiger partial charge in [-0.15, -0.1) is 0 Å². The van der Waals surface area contributed by atoms with E-state index >= 15 is 0 Å². The van der Waals surface area contributed by atoms with E-state index in [0.717, 1.165) is 0 Å². The molecule has 0 saturated heterocycles. The molecule has 0 heterocycles. The van der Waals surface area contributed by atoms with Gasteiger partial charge in [-0.1, -0.05) is 0 Å². The lowest BCUT2D eigenvalue weighted by atomic mass is 9.91. The zero-order valence-electron chi connectivity index (χ0n) is 10.3. The van der Waals surface area contributed by atoms with Crippen LogP contribution in [0, 0.1) is 11.3 Å². The second kappa shape index (κ2) is 6.30. The molecule has 0 aromatic rings. The van der Waals surface area contributed by atoms with E-state index < -0.39 is 42.6 Å². The summed E-state index contributed by atoms with van der Waals surface area (Å²) < 4.78 is 96.2. The topological polar surface area (TPSA) is 42.2 Å². The third kappa shape index (κ3) is 3.53. The van der Waals surface area contributed by atoms with Gasteiger partial charge in [0, 0.05) is 13.5 Å². The highest BCUT2D eigenvalue weighted by Gasteiger charge is 2.70. The summed E-state index contributed by atoms with van der Waals surface area (Å²) in [4.78, 5) is 0. The average Bonchev–Trinajstić information content (AvgIpc) is 2.34. The van der Waals surface area contributed by atoms with Crippen LogP contribution in [-0.4, -0.2) is 24.7 Å². The molecule has 0 aromatic carbocycles. The number of halogens is 7. The Morgan fingerprint density at radius 2 is 1.65 bits per heavy atom. The lowest BCUT2D eigenvalue weighted by Gasteiger charge is -2.38. The molecule has 0 saturated carbocycles. The lowest BCUT2D eigenvalue weighted by Crippen LogP contribution is -2.59. The monoisotopic (exact) mass is 309 g/mol. The first-order valence-electron chi connectivity index (χ1n) is 5.02. The summed E-state index contributed by atoms with van der Waals surface area (Å²) in [6.45, 7) is 0.523. The number of hydrogen-bond donors (Lipinski definition) is 0. The minimum atomic E-state index is -5.60. The molecule has 20 heavy (non-hydrogen) atoms. The van der Waals surface area contributed by atoms with Gasteiger partial charge in [0.25, 0.3) is 0 Å². The molecule has 0 aromatic heterocycles. The van der Waals surface area contributed by atoms with Crippen LogP contribution in [0.1, 0.15) is 19.8 Å². The second-order valence-electron chi connectivity index (χ2n) is 3.82. The van der Waals surface area contributed by atoms with E-state index in [-0.39, 0.29) is 0 Å². The summed E-state index contributed by atoms with van der Waals surface area (Å²) in [5.41, 5.74) is -2.92. The molecule has 0 amide bonds. The fraction of sp³-hybridized carbons (Fsp3) is 0.700. The zero-order chi connectivity index (χ0) is 16.2. The van der Waals surface area contributed by atoms with E-state index in [1.54, 1.807) is 0 Å². The third-order valence-corrected chi connectivity index (χ3v) is 2.56. The molecule has 0 fully saturated rings. The smallest absolute Gasteiger partial charge is 0.398 e. The van der Waals surface area contributed by atoms with Crippen LogP contribution in [0.15, 0.2) is 12.1 Å². The van der Waals surface area contributed by atoms with Crippen molar-refractivity contribution in [3.05, 3.63) is 12.1 Å². The number of nitriles is 1. The average molecular weight is 309 g/mol. The lowest BCUT2D eigenvalue weighted by molar-refractivity contribution is -0.384. The summed E-state index contributed by atoms with van der Waals surface area (Å²) in [5.74, 6) is -5.17. The van der Waals surface area contributed by atoms with E-state index in [1.807, 2.05) is 0 Å². The van der Waals surface area contributed by atoms with Gasteiger partial charge in [-0.25, -0.2) is 0 Å². The van der Waals surface area contributed by atoms with Gasteiger partial charge in [-0.2, -0.15) is 36.0 Å². The van der Waals surface area contributed by atoms with Crippen LogP contribution in [0.25, 0.3) is 0 Å². The molecule has 0 N–H and O–H groups in total. The van der Waals surface area contributed by atoms with Crippen LogP contribution >= 0.6 is 0 Å². The van der Waals surface area contributed by atoms with Gasteiger partial charge in [-0.05, 0) is 13.3 Å². The molecule has 0 rings (SSSR count). The van der Waals surface area contributed by atoms with Crippen molar-refractivity contribution in [1.29, 1.82) is 5.26 Å². The van der Waals surface area contributed by atoms with Crippen LogP contribution in [0.4, 0.5) is 30.7 Å². The molecule has 0 aliphatic heterocycles. The Bertz CT molecular complexity index is 414. The predicted octanol–water partition coefficient (Wildman–Crippen LogP) is 3.98. The van der Waals surface area contributed by atoms with Crippen LogP contribution in [-0.2, 0) is 9.47 Å². The van der Waals surface area contributed by atoms with Crippen molar-refractivity contribution in [2.75, 3.05) is 7.11 Å². The normalized spacial score (nSPS) is 15.2. The van der Waals surface area contributed by atoms with Crippen LogP contribution in [0.3, 0.4) is 0 Å². The van der Waals surface area contributed by atoms with Crippen LogP contribution in [0.5, 0.6) is 0 Å². The van der Waals surface area contributed by atoms with Crippen molar-refractivity contribution in [1.82, 2.24) is 0 Å². The Morgan fingerprint density at radius 1 is 1.15 bits per heavy atom. The summed E-state index contributed by atoms with van der Waals surface area (Å²) in [5, 5.41) is 8.28. The van der Waals surface area contributed by atoms with Gasteiger partial charge >= 0.3 is 24.1 Å². The van der Waals surface area contributed by atoms with E-state index in [2.05, 4.69) is 9.47 Å². The molecule has 116 valence electrons. The van der Waals surface area contributed by atoms with E-state index in [0.29, 0.717) is 14.0 Å². The van der Waals surface area contributed by atoms with Crippen molar-refractivity contribution < 1.29 is 40.2 Å². The summed E-state index contributed by atoms with van der Waals surface area (Å²) in [7, 11) is 0.656. The first-order valence-corrected chi connectivity index (χ1v) is 5.02. The standard InChI is InChI=1S/C10H10F7NO2/c1-8(19-2,4-3-5-18)9(14,15)10(16,17)20-7(13)6(11)12/h3-4H2,1-2H3. The quantitative estimate of drug-likeness (QED) is 0.528. The summed E-state index contributed by atoms with van der Waals surface area (Å²) in [6.07, 6.45) is -10.3. The highest BCUT2D eigenvalue weighted by Crippen LogP contribution is 2.47. The number of ether oxygens (including phenoxy) is 2. The fourth-order valence-electron chi connectivity index (χ4n) is 1.20. The molecule has 1 unspecified atom stereocenters. The molecule has 0 radical (unpaired) electrons. The SMILES string of the molecule is COC(C)(CCC#N)C(F)(F)C(F)(F)OC(F)=C(F)F. The third-order valence-electron chi connectivity index (χ3n) is 2.56. The summed E-state index contributed by atoms with van der Waals surface area (Å²) >= 11 is 0. The fourth-order valence-corrected chi connectivity index (χ4v) is 1.20. The zero-order valence-corrected chi connectivity index (χ0v) is 10.3. The minimum Gasteiger partial charge on any atom is -0.398 e. The van der Waals surface area contributed by atoms with E-state index in [9.17, 15) is 30.7 Å². The van der Waals surface area contributed by atoms with Gasteiger partial charge in [-0.3, -0.25) is 0 Å². The maximum atomic E-state index is 13.7. The van der Waals surface area contributed by atoms with Gasteiger partial charge in [0.05, 0.1) is 6.07 Å². The molecule has 0 bridgehead atoms. The van der Waals surface area contributed by atoms with Gasteiger partial charge in [0.15, 0.2) is 0 Å². The second-order valence-corrected chi connectivity index (χ2v) is 3.82. The molecule has 0 aliphatic carbocycles. The van der Waals surface area contributed by atoms with Gasteiger partial charge in [0.1, 0.15) is 5.60 Å². The Hall–Kier alpha value is -1.50. The number of nitrogens with zero attached hydrogens (tertiary/aromatic N) is 1. The van der Waals surface area contributed by atoms with Crippen LogP contribution < -0.4 is 0 Å². The molecule has 10 heteroatoms. The summed E-state index contributed by atoms with van der Waals surface area (Å²) in [6, 6.07) is -1.68. The van der Waals surface area contributed by atoms with Gasteiger partial charge in [0.2, 0.25) is 0 Å². The number of hydrogen-bond acceptors (Lipinski definition) is 3. The number of methoxy groups -OCH3 is 1. The van der Waals surface area contributed by atoms with Crippen molar-refractivity contribution >= 4 is 0 Å². The number of alkyl halides is 4. The predicted molar refractivity (Wildman–Crippen MR) is 51.6 cm³/mol. The molecular weight excluding hydrogens is 299 g/mol. The van der Waals surface area contributed by atoms with Gasteiger partial charge < -0.3 is 9.47 Å². The van der Waals surface area contributed by atoms with Crippen molar-refractivity contribution in [3.8, 4) is 6.07 Å². The van der Waals surface area contributed by atoms with E-state index in [1.165, 1.54) is 6.07 Å². The maximum Gasteiger partial charge on any atom is 0.469 e. The molecule has 3 nitrogen and oxygen atoms in total. The van der Waals surface area contributed by atoms with Crippen molar-refractivity contribution in [2.45, 2.75) is 37.4 Å². The molecular formula is C10H10F7NO2. The van der Waals surface area contributed by atoms with Crippen LogP contribution in [0.2, 0.25) is 0 Å². The highest BCUT2D eigenvalue weighted by molar-refractivity contribution is 5.00. The van der Waals surface area contributed by atoms with Crippen molar-refractivity contribution in [3.63, 3.8) is 0 Å².